The van der Waals surface area contributed by atoms with E-state index in [0.29, 0.717) is 17.9 Å². The van der Waals surface area contributed by atoms with Crippen LogP contribution in [-0.2, 0) is 0 Å². The second-order valence-corrected chi connectivity index (χ2v) is 5.09. The van der Waals surface area contributed by atoms with E-state index in [4.69, 9.17) is 4.74 Å². The van der Waals surface area contributed by atoms with Crippen LogP contribution in [-0.4, -0.2) is 28.1 Å². The highest BCUT2D eigenvalue weighted by atomic mass is 32.2. The van der Waals surface area contributed by atoms with Crippen molar-refractivity contribution in [1.29, 1.82) is 0 Å². The average Bonchev–Trinajstić information content (AvgIpc) is 2.34. The summed E-state index contributed by atoms with van der Waals surface area (Å²) in [6.45, 7) is 4.15. The third-order valence-corrected chi connectivity index (χ3v) is 3.21. The number of aliphatic hydroxyl groups excluding tert-OH is 1. The van der Waals surface area contributed by atoms with Crippen molar-refractivity contribution >= 4 is 17.4 Å². The van der Waals surface area contributed by atoms with Gasteiger partial charge >= 0.3 is 0 Å². The van der Waals surface area contributed by atoms with Gasteiger partial charge in [0.1, 0.15) is 5.75 Å². The van der Waals surface area contributed by atoms with Crippen molar-refractivity contribution in [3.63, 3.8) is 0 Å². The Bertz CT molecular complexity index is 409. The quantitative estimate of drug-likeness (QED) is 0.469. The van der Waals surface area contributed by atoms with E-state index in [1.165, 1.54) is 18.2 Å². The van der Waals surface area contributed by atoms with Gasteiger partial charge < -0.3 is 9.84 Å². The number of nitro benzene ring substituents is 1. The van der Waals surface area contributed by atoms with Crippen LogP contribution in [0.3, 0.4) is 0 Å². The van der Waals surface area contributed by atoms with Gasteiger partial charge in [0.25, 0.3) is 5.69 Å². The monoisotopic (exact) mass is 271 g/mol. The van der Waals surface area contributed by atoms with Gasteiger partial charge in [-0.25, -0.2) is 0 Å². The molecular formula is C12H17NO4S. The number of ether oxygens (including phenoxy) is 1. The maximum Gasteiger partial charge on any atom is 0.270 e. The predicted octanol–water partition coefficient (Wildman–Crippen LogP) is 2.78. The van der Waals surface area contributed by atoms with Crippen molar-refractivity contribution in [1.82, 2.24) is 0 Å². The number of aliphatic hydroxyl groups is 1. The van der Waals surface area contributed by atoms with E-state index in [0.717, 1.165) is 11.5 Å². The number of rotatable bonds is 7. The minimum Gasteiger partial charge on any atom is -0.492 e. The number of nitro groups is 1. The minimum atomic E-state index is -0.793. The molecule has 0 unspecified atom stereocenters. The summed E-state index contributed by atoms with van der Waals surface area (Å²) in [6, 6.07) is 4.28. The Morgan fingerprint density at radius 2 is 2.28 bits per heavy atom. The smallest absolute Gasteiger partial charge is 0.270 e. The molecule has 0 bridgehead atoms. The summed E-state index contributed by atoms with van der Waals surface area (Å²) in [5.74, 6) is 2.38. The zero-order chi connectivity index (χ0) is 13.5. The standard InChI is InChI=1S/C12H17NO4S/c1-3-18-7-6-17-12-5-4-10(13(15)16)8-11(12)9(2)14/h4-5,8-9,14H,3,6-7H2,1-2H3/t9-/m1/s1. The van der Waals surface area contributed by atoms with Crippen molar-refractivity contribution in [2.75, 3.05) is 18.1 Å². The number of non-ortho nitro benzene ring substituents is 1. The molecule has 1 aromatic rings. The fraction of sp³-hybridized carbons (Fsp3) is 0.500. The molecule has 0 amide bonds. The van der Waals surface area contributed by atoms with E-state index in [-0.39, 0.29) is 5.69 Å². The Balaban J connectivity index is 2.80. The van der Waals surface area contributed by atoms with Crippen LogP contribution in [0.1, 0.15) is 25.5 Å². The molecule has 0 aliphatic heterocycles. The Kier molecular flexibility index (Phi) is 5.94. The van der Waals surface area contributed by atoms with Crippen LogP contribution in [0, 0.1) is 10.1 Å². The fourth-order valence-corrected chi connectivity index (χ4v) is 1.95. The van der Waals surface area contributed by atoms with E-state index in [2.05, 4.69) is 6.92 Å². The summed E-state index contributed by atoms with van der Waals surface area (Å²) >= 11 is 1.75. The van der Waals surface area contributed by atoms with Crippen LogP contribution in [0.2, 0.25) is 0 Å². The van der Waals surface area contributed by atoms with Gasteiger partial charge in [-0.05, 0) is 18.7 Å². The zero-order valence-electron chi connectivity index (χ0n) is 10.5. The maximum atomic E-state index is 10.7. The molecule has 0 saturated heterocycles. The molecule has 0 radical (unpaired) electrons. The minimum absolute atomic E-state index is 0.0406. The summed E-state index contributed by atoms with van der Waals surface area (Å²) in [4.78, 5) is 10.2. The van der Waals surface area contributed by atoms with E-state index >= 15 is 0 Å². The van der Waals surface area contributed by atoms with Gasteiger partial charge in [0, 0.05) is 23.4 Å². The van der Waals surface area contributed by atoms with Crippen LogP contribution in [0.15, 0.2) is 18.2 Å². The van der Waals surface area contributed by atoms with Crippen molar-refractivity contribution in [3.8, 4) is 5.75 Å². The molecule has 0 fully saturated rings. The summed E-state index contributed by atoms with van der Waals surface area (Å²) in [6.07, 6.45) is -0.793. The van der Waals surface area contributed by atoms with Crippen molar-refractivity contribution in [3.05, 3.63) is 33.9 Å². The largest absolute Gasteiger partial charge is 0.492 e. The molecule has 6 heteroatoms. The molecule has 0 aliphatic carbocycles. The molecule has 18 heavy (non-hydrogen) atoms. The number of benzene rings is 1. The third-order valence-electron chi connectivity index (χ3n) is 2.34. The Hall–Kier alpha value is -1.27. The summed E-state index contributed by atoms with van der Waals surface area (Å²) in [5.41, 5.74) is 0.409. The predicted molar refractivity (Wildman–Crippen MR) is 72.2 cm³/mol. The number of thioether (sulfide) groups is 1. The molecule has 1 aromatic carbocycles. The zero-order valence-corrected chi connectivity index (χ0v) is 11.3. The first-order valence-corrected chi connectivity index (χ1v) is 6.88. The second-order valence-electron chi connectivity index (χ2n) is 3.70. The van der Waals surface area contributed by atoms with Crippen LogP contribution in [0.4, 0.5) is 5.69 Å². The molecule has 5 nitrogen and oxygen atoms in total. The lowest BCUT2D eigenvalue weighted by atomic mass is 10.1. The Labute approximate surface area is 110 Å². The van der Waals surface area contributed by atoms with E-state index < -0.39 is 11.0 Å². The van der Waals surface area contributed by atoms with Gasteiger partial charge in [-0.15, -0.1) is 0 Å². The van der Waals surface area contributed by atoms with Crippen molar-refractivity contribution < 1.29 is 14.8 Å². The molecule has 1 N–H and O–H groups in total. The Morgan fingerprint density at radius 1 is 1.56 bits per heavy atom. The van der Waals surface area contributed by atoms with Gasteiger partial charge in [-0.3, -0.25) is 10.1 Å². The van der Waals surface area contributed by atoms with E-state index in [1.807, 2.05) is 0 Å². The van der Waals surface area contributed by atoms with Gasteiger partial charge in [0.15, 0.2) is 0 Å². The summed E-state index contributed by atoms with van der Waals surface area (Å²) < 4.78 is 5.53. The van der Waals surface area contributed by atoms with Crippen molar-refractivity contribution in [2.45, 2.75) is 20.0 Å². The first-order valence-electron chi connectivity index (χ1n) is 5.73. The molecular weight excluding hydrogens is 254 g/mol. The maximum absolute atomic E-state index is 10.7. The summed E-state index contributed by atoms with van der Waals surface area (Å²) in [7, 11) is 0. The Morgan fingerprint density at radius 3 is 2.83 bits per heavy atom. The van der Waals surface area contributed by atoms with Gasteiger partial charge in [-0.2, -0.15) is 11.8 Å². The van der Waals surface area contributed by atoms with Crippen LogP contribution in [0.5, 0.6) is 5.75 Å². The van der Waals surface area contributed by atoms with Gasteiger partial charge in [0.05, 0.1) is 17.6 Å². The first kappa shape index (κ1) is 14.8. The van der Waals surface area contributed by atoms with E-state index in [1.54, 1.807) is 18.7 Å². The lowest BCUT2D eigenvalue weighted by Gasteiger charge is -2.13. The van der Waals surface area contributed by atoms with Crippen LogP contribution in [0.25, 0.3) is 0 Å². The first-order chi connectivity index (χ1) is 8.56. The molecule has 0 spiro atoms. The average molecular weight is 271 g/mol. The second kappa shape index (κ2) is 7.23. The molecule has 0 aliphatic rings. The topological polar surface area (TPSA) is 72.6 Å². The number of hydrogen-bond acceptors (Lipinski definition) is 5. The van der Waals surface area contributed by atoms with Crippen LogP contribution >= 0.6 is 11.8 Å². The summed E-state index contributed by atoms with van der Waals surface area (Å²) in [5, 5.41) is 20.3. The number of nitrogens with zero attached hydrogens (tertiary/aromatic N) is 1. The molecule has 0 saturated carbocycles. The fourth-order valence-electron chi connectivity index (χ4n) is 1.46. The van der Waals surface area contributed by atoms with E-state index in [9.17, 15) is 15.2 Å². The lowest BCUT2D eigenvalue weighted by molar-refractivity contribution is -0.385. The lowest BCUT2D eigenvalue weighted by Crippen LogP contribution is -2.05. The molecule has 100 valence electrons. The highest BCUT2D eigenvalue weighted by molar-refractivity contribution is 7.99. The molecule has 1 rings (SSSR count). The normalized spacial score (nSPS) is 12.2. The molecule has 1 atom stereocenters. The number of hydrogen-bond donors (Lipinski definition) is 1. The third kappa shape index (κ3) is 4.19. The van der Waals surface area contributed by atoms with Gasteiger partial charge in [-0.1, -0.05) is 6.92 Å². The van der Waals surface area contributed by atoms with Gasteiger partial charge in [0.2, 0.25) is 0 Å². The molecule has 0 aromatic heterocycles. The molecule has 0 heterocycles. The van der Waals surface area contributed by atoms with Crippen molar-refractivity contribution in [2.24, 2.45) is 0 Å². The van der Waals surface area contributed by atoms with Crippen LogP contribution < -0.4 is 4.74 Å². The highest BCUT2D eigenvalue weighted by Gasteiger charge is 2.15. The highest BCUT2D eigenvalue weighted by Crippen LogP contribution is 2.29. The SMILES string of the molecule is CCSCCOc1ccc([N+](=O)[O-])cc1[C@@H](C)O.